The number of fused-ring (bicyclic) bond motifs is 1. The summed E-state index contributed by atoms with van der Waals surface area (Å²) in [7, 11) is 0. The summed E-state index contributed by atoms with van der Waals surface area (Å²) in [6.07, 6.45) is 4.76. The Bertz CT molecular complexity index is 846. The first kappa shape index (κ1) is 14.8. The molecule has 1 aliphatic rings. The van der Waals surface area contributed by atoms with Crippen molar-refractivity contribution in [2.24, 2.45) is 0 Å². The van der Waals surface area contributed by atoms with Crippen LogP contribution in [-0.2, 0) is 13.0 Å². The van der Waals surface area contributed by atoms with E-state index < -0.39 is 0 Å². The van der Waals surface area contributed by atoms with Crippen LogP contribution in [0.2, 0.25) is 0 Å². The van der Waals surface area contributed by atoms with Gasteiger partial charge in [0.05, 0.1) is 5.69 Å². The van der Waals surface area contributed by atoms with Crippen molar-refractivity contribution in [1.29, 1.82) is 0 Å². The van der Waals surface area contributed by atoms with Gasteiger partial charge in [0.25, 0.3) is 0 Å². The number of imidazole rings is 1. The lowest BCUT2D eigenvalue weighted by Crippen LogP contribution is -2.15. The Morgan fingerprint density at radius 2 is 2.00 bits per heavy atom. The maximum Gasteiger partial charge on any atom is 0.162 e. The highest BCUT2D eigenvalue weighted by Gasteiger charge is 2.15. The van der Waals surface area contributed by atoms with E-state index in [0.29, 0.717) is 13.2 Å². The Morgan fingerprint density at radius 1 is 1.17 bits per heavy atom. The molecule has 0 unspecified atom stereocenters. The molecule has 0 saturated carbocycles. The summed E-state index contributed by atoms with van der Waals surface area (Å²) in [4.78, 5) is 4.52. The van der Waals surface area contributed by atoms with E-state index in [0.717, 1.165) is 47.2 Å². The van der Waals surface area contributed by atoms with E-state index in [1.54, 1.807) is 0 Å². The van der Waals surface area contributed by atoms with Crippen molar-refractivity contribution in [2.45, 2.75) is 26.8 Å². The van der Waals surface area contributed by atoms with Gasteiger partial charge in [0.2, 0.25) is 0 Å². The predicted molar refractivity (Wildman–Crippen MR) is 90.4 cm³/mol. The minimum atomic E-state index is 0.587. The van der Waals surface area contributed by atoms with Gasteiger partial charge in [-0.05, 0) is 44.0 Å². The highest BCUT2D eigenvalue weighted by Crippen LogP contribution is 2.34. The van der Waals surface area contributed by atoms with E-state index in [-0.39, 0.29) is 0 Å². The van der Waals surface area contributed by atoms with Crippen LogP contribution in [0, 0.1) is 13.8 Å². The molecule has 0 radical (unpaired) electrons. The number of hydrogen-bond donors (Lipinski definition) is 1. The van der Waals surface area contributed by atoms with Crippen LogP contribution in [0.15, 0.2) is 30.6 Å². The molecule has 0 amide bonds. The van der Waals surface area contributed by atoms with Gasteiger partial charge in [0.1, 0.15) is 19.0 Å². The van der Waals surface area contributed by atoms with Gasteiger partial charge in [-0.25, -0.2) is 4.98 Å². The fourth-order valence-electron chi connectivity index (χ4n) is 3.11. The Kier molecular flexibility index (Phi) is 3.72. The Labute approximate surface area is 140 Å². The number of benzene rings is 1. The molecule has 0 atom stereocenters. The van der Waals surface area contributed by atoms with Gasteiger partial charge in [0.15, 0.2) is 11.5 Å². The quantitative estimate of drug-likeness (QED) is 0.801. The molecule has 0 bridgehead atoms. The first-order valence-corrected chi connectivity index (χ1v) is 8.14. The van der Waals surface area contributed by atoms with Gasteiger partial charge < -0.3 is 14.0 Å². The minimum absolute atomic E-state index is 0.587. The average Bonchev–Trinajstić information content (AvgIpc) is 3.20. The van der Waals surface area contributed by atoms with Gasteiger partial charge in [-0.2, -0.15) is 5.10 Å². The van der Waals surface area contributed by atoms with Crippen molar-refractivity contribution in [3.05, 3.63) is 47.5 Å². The molecule has 0 spiro atoms. The third kappa shape index (κ3) is 2.64. The topological polar surface area (TPSA) is 65.0 Å². The number of H-pyrrole nitrogens is 1. The molecule has 1 N–H and O–H groups in total. The SMILES string of the molecule is Cc1n[nH]c(C)c1CCn1ccnc1-c1ccc2c(c1)OCCO2. The number of hydrogen-bond acceptors (Lipinski definition) is 4. The summed E-state index contributed by atoms with van der Waals surface area (Å²) in [5.74, 6) is 2.52. The fourth-order valence-corrected chi connectivity index (χ4v) is 3.11. The summed E-state index contributed by atoms with van der Waals surface area (Å²) < 4.78 is 13.4. The summed E-state index contributed by atoms with van der Waals surface area (Å²) >= 11 is 0. The number of aromatic amines is 1. The molecule has 6 heteroatoms. The van der Waals surface area contributed by atoms with E-state index in [1.165, 1.54) is 5.56 Å². The molecule has 0 aliphatic carbocycles. The average molecular weight is 324 g/mol. The third-order valence-corrected chi connectivity index (χ3v) is 4.40. The van der Waals surface area contributed by atoms with Crippen LogP contribution in [0.3, 0.4) is 0 Å². The second kappa shape index (κ2) is 6.03. The molecular formula is C18H20N4O2. The molecule has 2 aromatic heterocycles. The first-order chi connectivity index (χ1) is 11.7. The highest BCUT2D eigenvalue weighted by molar-refractivity contribution is 5.61. The van der Waals surface area contributed by atoms with Crippen LogP contribution in [0.25, 0.3) is 11.4 Å². The maximum absolute atomic E-state index is 5.68. The Morgan fingerprint density at radius 3 is 2.79 bits per heavy atom. The fraction of sp³-hybridized carbons (Fsp3) is 0.333. The second-order valence-electron chi connectivity index (χ2n) is 5.97. The minimum Gasteiger partial charge on any atom is -0.486 e. The maximum atomic E-state index is 5.68. The van der Waals surface area contributed by atoms with Crippen LogP contribution in [0.1, 0.15) is 17.0 Å². The number of nitrogens with one attached hydrogen (secondary N) is 1. The molecule has 24 heavy (non-hydrogen) atoms. The van der Waals surface area contributed by atoms with Gasteiger partial charge in [-0.3, -0.25) is 5.10 Å². The van der Waals surface area contributed by atoms with E-state index in [2.05, 4.69) is 26.7 Å². The normalized spacial score (nSPS) is 13.2. The Hall–Kier alpha value is -2.76. The molecule has 3 heterocycles. The van der Waals surface area contributed by atoms with Gasteiger partial charge >= 0.3 is 0 Å². The van der Waals surface area contributed by atoms with Gasteiger partial charge in [-0.15, -0.1) is 0 Å². The summed E-state index contributed by atoms with van der Waals surface area (Å²) in [6, 6.07) is 5.98. The molecule has 1 aliphatic heterocycles. The lowest BCUT2D eigenvalue weighted by atomic mass is 10.1. The first-order valence-electron chi connectivity index (χ1n) is 8.14. The molecule has 1 aromatic carbocycles. The van der Waals surface area contributed by atoms with Crippen LogP contribution in [0.5, 0.6) is 11.5 Å². The number of rotatable bonds is 4. The standard InChI is InChI=1S/C18H20N4O2/c1-12-15(13(2)21-20-12)5-7-22-8-6-19-18(22)14-3-4-16-17(11-14)24-10-9-23-16/h3-4,6,8,11H,5,7,9-10H2,1-2H3,(H,20,21). The largest absolute Gasteiger partial charge is 0.486 e. The van der Waals surface area contributed by atoms with E-state index in [9.17, 15) is 0 Å². The zero-order chi connectivity index (χ0) is 16.5. The van der Waals surface area contributed by atoms with Crippen molar-refractivity contribution in [3.8, 4) is 22.9 Å². The molecule has 3 aromatic rings. The number of nitrogens with zero attached hydrogens (tertiary/aromatic N) is 3. The van der Waals surface area contributed by atoms with Crippen LogP contribution < -0.4 is 9.47 Å². The summed E-state index contributed by atoms with van der Waals surface area (Å²) in [6.45, 7) is 6.14. The van der Waals surface area contributed by atoms with Crippen molar-refractivity contribution in [2.75, 3.05) is 13.2 Å². The smallest absolute Gasteiger partial charge is 0.162 e. The van der Waals surface area contributed by atoms with Crippen LogP contribution in [0.4, 0.5) is 0 Å². The monoisotopic (exact) mass is 324 g/mol. The lowest BCUT2D eigenvalue weighted by Gasteiger charge is -2.19. The lowest BCUT2D eigenvalue weighted by molar-refractivity contribution is 0.171. The molecule has 0 fully saturated rings. The zero-order valence-corrected chi connectivity index (χ0v) is 13.9. The molecule has 6 nitrogen and oxygen atoms in total. The van der Waals surface area contributed by atoms with E-state index in [1.807, 2.05) is 37.5 Å². The summed E-state index contributed by atoms with van der Waals surface area (Å²) in [5, 5.41) is 7.31. The third-order valence-electron chi connectivity index (χ3n) is 4.40. The van der Waals surface area contributed by atoms with Gasteiger partial charge in [-0.1, -0.05) is 0 Å². The summed E-state index contributed by atoms with van der Waals surface area (Å²) in [5.41, 5.74) is 4.50. The van der Waals surface area contributed by atoms with Crippen molar-refractivity contribution in [3.63, 3.8) is 0 Å². The van der Waals surface area contributed by atoms with Gasteiger partial charge in [0, 0.05) is 30.2 Å². The zero-order valence-electron chi connectivity index (χ0n) is 13.9. The number of ether oxygens (including phenoxy) is 2. The molecular weight excluding hydrogens is 304 g/mol. The molecule has 0 saturated heterocycles. The number of aromatic nitrogens is 4. The number of aryl methyl sites for hydroxylation is 3. The van der Waals surface area contributed by atoms with E-state index >= 15 is 0 Å². The van der Waals surface area contributed by atoms with Crippen molar-refractivity contribution in [1.82, 2.24) is 19.7 Å². The van der Waals surface area contributed by atoms with E-state index in [4.69, 9.17) is 9.47 Å². The predicted octanol–water partition coefficient (Wildman–Crippen LogP) is 2.90. The van der Waals surface area contributed by atoms with Crippen LogP contribution >= 0.6 is 0 Å². The molecule has 124 valence electrons. The van der Waals surface area contributed by atoms with Crippen LogP contribution in [-0.4, -0.2) is 33.0 Å². The molecule has 4 rings (SSSR count). The Balaban J connectivity index is 1.58. The highest BCUT2D eigenvalue weighted by atomic mass is 16.6. The van der Waals surface area contributed by atoms with Crippen molar-refractivity contribution >= 4 is 0 Å². The van der Waals surface area contributed by atoms with Crippen molar-refractivity contribution < 1.29 is 9.47 Å². The second-order valence-corrected chi connectivity index (χ2v) is 5.97.